The minimum Gasteiger partial charge on any atom is -0.444 e. The molecule has 0 aliphatic carbocycles. The molecule has 27 heavy (non-hydrogen) atoms. The first-order chi connectivity index (χ1) is 12.6. The number of hydrogen-bond acceptors (Lipinski definition) is 6. The predicted molar refractivity (Wildman–Crippen MR) is 102 cm³/mol. The van der Waals surface area contributed by atoms with Gasteiger partial charge in [-0.1, -0.05) is 12.1 Å². The lowest BCUT2D eigenvalue weighted by Gasteiger charge is -2.34. The molecule has 8 heteroatoms. The largest absolute Gasteiger partial charge is 0.444 e. The summed E-state index contributed by atoms with van der Waals surface area (Å²) < 4.78 is 31.5. The number of hydrogen-bond donors (Lipinski definition) is 0. The number of nitrogens with zero attached hydrogens (tertiary/aromatic N) is 3. The Hall–Kier alpha value is -2.40. The van der Waals surface area contributed by atoms with Gasteiger partial charge in [0.15, 0.2) is 9.84 Å². The van der Waals surface area contributed by atoms with Crippen LogP contribution in [0.1, 0.15) is 50.1 Å². The Bertz CT molecular complexity index is 827. The zero-order valence-electron chi connectivity index (χ0n) is 15.9. The number of carbonyl (C=O) groups excluding carboxylic acids is 1. The SMILES string of the molecule is C=CC(c1ccc(C#N)nc1)S(=O)(=O)C1CCN(C(=O)OC(C)(C)C)CC1. The van der Waals surface area contributed by atoms with Gasteiger partial charge in [0.2, 0.25) is 0 Å². The lowest BCUT2D eigenvalue weighted by Crippen LogP contribution is -2.45. The fourth-order valence-electron chi connectivity index (χ4n) is 3.00. The molecule has 1 aromatic rings. The van der Waals surface area contributed by atoms with E-state index in [1.165, 1.54) is 18.3 Å². The zero-order valence-corrected chi connectivity index (χ0v) is 16.7. The van der Waals surface area contributed by atoms with E-state index in [9.17, 15) is 13.2 Å². The Balaban J connectivity index is 2.09. The van der Waals surface area contributed by atoms with Crippen LogP contribution in [0.25, 0.3) is 0 Å². The van der Waals surface area contributed by atoms with Gasteiger partial charge in [0.05, 0.1) is 5.25 Å². The molecule has 2 rings (SSSR count). The van der Waals surface area contributed by atoms with E-state index >= 15 is 0 Å². The maximum Gasteiger partial charge on any atom is 0.410 e. The zero-order chi connectivity index (χ0) is 20.2. The van der Waals surface area contributed by atoms with Crippen molar-refractivity contribution < 1.29 is 17.9 Å². The second-order valence-corrected chi connectivity index (χ2v) is 9.85. The van der Waals surface area contributed by atoms with Crippen LogP contribution < -0.4 is 0 Å². The normalized spacial score (nSPS) is 17.0. The van der Waals surface area contributed by atoms with Crippen molar-refractivity contribution in [3.8, 4) is 6.07 Å². The average molecular weight is 391 g/mol. The van der Waals surface area contributed by atoms with Crippen molar-refractivity contribution in [2.45, 2.75) is 49.7 Å². The van der Waals surface area contributed by atoms with Crippen LogP contribution in [0.2, 0.25) is 0 Å². The van der Waals surface area contributed by atoms with Crippen LogP contribution in [0.4, 0.5) is 4.79 Å². The van der Waals surface area contributed by atoms with Crippen LogP contribution >= 0.6 is 0 Å². The van der Waals surface area contributed by atoms with Gasteiger partial charge in [0, 0.05) is 19.3 Å². The van der Waals surface area contributed by atoms with Crippen LogP contribution in [-0.4, -0.2) is 48.3 Å². The highest BCUT2D eigenvalue weighted by molar-refractivity contribution is 7.92. The summed E-state index contributed by atoms with van der Waals surface area (Å²) in [6.45, 7) is 9.71. The van der Waals surface area contributed by atoms with E-state index in [0.29, 0.717) is 31.5 Å². The minimum atomic E-state index is -3.55. The number of aromatic nitrogens is 1. The summed E-state index contributed by atoms with van der Waals surface area (Å²) in [5.41, 5.74) is 0.125. The molecule has 0 radical (unpaired) electrons. The molecule has 1 aliphatic heterocycles. The molecule has 2 heterocycles. The predicted octanol–water partition coefficient (Wildman–Crippen LogP) is 2.99. The summed E-state index contributed by atoms with van der Waals surface area (Å²) in [6.07, 6.45) is 3.05. The molecule has 1 saturated heterocycles. The van der Waals surface area contributed by atoms with Crippen molar-refractivity contribution in [3.63, 3.8) is 0 Å². The summed E-state index contributed by atoms with van der Waals surface area (Å²) in [5.74, 6) is 0. The third-order valence-corrected chi connectivity index (χ3v) is 6.93. The second kappa shape index (κ2) is 8.09. The standard InChI is InChI=1S/C19H25N3O4S/c1-5-17(14-6-7-15(12-20)21-13-14)27(24,25)16-8-10-22(11-9-16)18(23)26-19(2,3)4/h5-7,13,16-17H,1,8-11H2,2-4H3. The van der Waals surface area contributed by atoms with Crippen molar-refractivity contribution >= 4 is 15.9 Å². The second-order valence-electron chi connectivity index (χ2n) is 7.50. The number of nitriles is 1. The Kier molecular flexibility index (Phi) is 6.26. The molecule has 1 fully saturated rings. The Morgan fingerprint density at radius 3 is 2.48 bits per heavy atom. The van der Waals surface area contributed by atoms with Gasteiger partial charge < -0.3 is 9.64 Å². The van der Waals surface area contributed by atoms with Crippen LogP contribution in [0, 0.1) is 11.3 Å². The molecule has 1 amide bonds. The topological polar surface area (TPSA) is 100 Å². The van der Waals surface area contributed by atoms with Gasteiger partial charge in [0.1, 0.15) is 22.6 Å². The number of rotatable bonds is 4. The molecule has 146 valence electrons. The van der Waals surface area contributed by atoms with Crippen LogP contribution in [-0.2, 0) is 14.6 Å². The molecule has 1 unspecified atom stereocenters. The lowest BCUT2D eigenvalue weighted by molar-refractivity contribution is 0.0217. The number of piperidine rings is 1. The van der Waals surface area contributed by atoms with Crippen LogP contribution in [0.5, 0.6) is 0 Å². The van der Waals surface area contributed by atoms with Gasteiger partial charge in [0.25, 0.3) is 0 Å². The molecule has 7 nitrogen and oxygen atoms in total. The highest BCUT2D eigenvalue weighted by Gasteiger charge is 2.37. The van der Waals surface area contributed by atoms with Crippen molar-refractivity contribution in [1.29, 1.82) is 5.26 Å². The Morgan fingerprint density at radius 1 is 1.41 bits per heavy atom. The molecule has 0 aromatic carbocycles. The lowest BCUT2D eigenvalue weighted by atomic mass is 10.1. The minimum absolute atomic E-state index is 0.227. The number of amides is 1. The van der Waals surface area contributed by atoms with Crippen LogP contribution in [0.15, 0.2) is 31.0 Å². The van der Waals surface area contributed by atoms with Gasteiger partial charge >= 0.3 is 6.09 Å². The van der Waals surface area contributed by atoms with E-state index in [1.54, 1.807) is 31.7 Å². The molecule has 1 aliphatic rings. The summed E-state index contributed by atoms with van der Waals surface area (Å²) in [7, 11) is -3.55. The third kappa shape index (κ3) is 5.07. The molecule has 0 N–H and O–H groups in total. The third-order valence-electron chi connectivity index (χ3n) is 4.36. The van der Waals surface area contributed by atoms with Gasteiger partial charge in [-0.2, -0.15) is 5.26 Å². The van der Waals surface area contributed by atoms with E-state index in [4.69, 9.17) is 10.00 Å². The first kappa shape index (κ1) is 20.9. The fourth-order valence-corrected chi connectivity index (χ4v) is 5.07. The van der Waals surface area contributed by atoms with E-state index in [1.807, 2.05) is 6.07 Å². The van der Waals surface area contributed by atoms with Gasteiger partial charge in [-0.25, -0.2) is 18.2 Å². The summed E-state index contributed by atoms with van der Waals surface area (Å²) in [6, 6.07) is 4.99. The fraction of sp³-hybridized carbons (Fsp3) is 0.526. The Labute approximate surface area is 160 Å². The molecule has 0 saturated carbocycles. The highest BCUT2D eigenvalue weighted by Crippen LogP contribution is 2.31. The summed E-state index contributed by atoms with van der Waals surface area (Å²) in [4.78, 5) is 17.6. The number of ether oxygens (including phenoxy) is 1. The molecule has 0 bridgehead atoms. The number of sulfone groups is 1. The quantitative estimate of drug-likeness (QED) is 0.732. The molecular weight excluding hydrogens is 366 g/mol. The Morgan fingerprint density at radius 2 is 2.04 bits per heavy atom. The maximum absolute atomic E-state index is 13.1. The van der Waals surface area contributed by atoms with Gasteiger partial charge in [-0.3, -0.25) is 0 Å². The van der Waals surface area contributed by atoms with E-state index < -0.39 is 32.0 Å². The summed E-state index contributed by atoms with van der Waals surface area (Å²) in [5, 5.41) is 7.37. The monoisotopic (exact) mass is 391 g/mol. The average Bonchev–Trinajstić information content (AvgIpc) is 2.61. The molecule has 1 aromatic heterocycles. The van der Waals surface area contributed by atoms with Crippen molar-refractivity contribution in [1.82, 2.24) is 9.88 Å². The smallest absolute Gasteiger partial charge is 0.410 e. The number of likely N-dealkylation sites (tertiary alicyclic amines) is 1. The number of carbonyl (C=O) groups is 1. The van der Waals surface area contributed by atoms with Crippen molar-refractivity contribution in [2.24, 2.45) is 0 Å². The maximum atomic E-state index is 13.1. The van der Waals surface area contributed by atoms with Gasteiger partial charge in [-0.05, 0) is 45.2 Å². The van der Waals surface area contributed by atoms with E-state index in [0.717, 1.165) is 0 Å². The molecule has 1 atom stereocenters. The summed E-state index contributed by atoms with van der Waals surface area (Å²) >= 11 is 0. The molecule has 0 spiro atoms. The van der Waals surface area contributed by atoms with Crippen molar-refractivity contribution in [2.75, 3.05) is 13.1 Å². The number of pyridine rings is 1. The molecular formula is C19H25N3O4S. The van der Waals surface area contributed by atoms with E-state index in [-0.39, 0.29) is 5.69 Å². The highest BCUT2D eigenvalue weighted by atomic mass is 32.2. The van der Waals surface area contributed by atoms with E-state index in [2.05, 4.69) is 11.6 Å². The first-order valence-electron chi connectivity index (χ1n) is 8.77. The first-order valence-corrected chi connectivity index (χ1v) is 10.4. The van der Waals surface area contributed by atoms with Gasteiger partial charge in [-0.15, -0.1) is 6.58 Å². The van der Waals surface area contributed by atoms with Crippen LogP contribution in [0.3, 0.4) is 0 Å². The van der Waals surface area contributed by atoms with Crippen molar-refractivity contribution in [3.05, 3.63) is 42.2 Å².